The summed E-state index contributed by atoms with van der Waals surface area (Å²) >= 11 is 0. The van der Waals surface area contributed by atoms with Crippen LogP contribution < -0.4 is 0 Å². The molecule has 3 heteroatoms. The Morgan fingerprint density at radius 2 is 2.14 bits per heavy atom. The van der Waals surface area contributed by atoms with Crippen molar-refractivity contribution in [3.8, 4) is 0 Å². The van der Waals surface area contributed by atoms with E-state index in [0.29, 0.717) is 18.3 Å². The van der Waals surface area contributed by atoms with Crippen LogP contribution in [-0.2, 0) is 13.5 Å². The summed E-state index contributed by atoms with van der Waals surface area (Å²) < 4.78 is 2.10. The summed E-state index contributed by atoms with van der Waals surface area (Å²) in [6.45, 7) is 4.40. The molecule has 0 saturated heterocycles. The van der Waals surface area contributed by atoms with Gasteiger partial charge in [0.05, 0.1) is 17.1 Å². The van der Waals surface area contributed by atoms with Gasteiger partial charge in [0, 0.05) is 13.5 Å². The smallest absolute Gasteiger partial charge is 0.112 e. The van der Waals surface area contributed by atoms with Crippen LogP contribution in [0.3, 0.4) is 0 Å². The van der Waals surface area contributed by atoms with Gasteiger partial charge in [0.2, 0.25) is 0 Å². The Morgan fingerprint density at radius 1 is 1.38 bits per heavy atom. The predicted molar refractivity (Wildman–Crippen MR) is 86.1 cm³/mol. The molecule has 0 amide bonds. The number of allylic oxidation sites excluding steroid dienone is 2. The first-order valence-electron chi connectivity index (χ1n) is 7.80. The molecule has 0 radical (unpaired) electrons. The van der Waals surface area contributed by atoms with Gasteiger partial charge in [-0.05, 0) is 43.7 Å². The molecule has 1 N–H and O–H groups in total. The maximum atomic E-state index is 10.6. The molecule has 0 spiro atoms. The minimum Gasteiger partial charge on any atom is -0.392 e. The number of aliphatic hydroxyl groups excluding tert-OH is 1. The molecule has 3 unspecified atom stereocenters. The van der Waals surface area contributed by atoms with E-state index in [4.69, 9.17) is 0 Å². The zero-order valence-electron chi connectivity index (χ0n) is 13.1. The zero-order valence-corrected chi connectivity index (χ0v) is 13.1. The van der Waals surface area contributed by atoms with E-state index in [1.165, 1.54) is 5.57 Å². The Morgan fingerprint density at radius 3 is 2.86 bits per heavy atom. The molecule has 112 valence electrons. The van der Waals surface area contributed by atoms with Gasteiger partial charge in [0.1, 0.15) is 5.82 Å². The lowest BCUT2D eigenvalue weighted by molar-refractivity contribution is 0.0909. The largest absolute Gasteiger partial charge is 0.392 e. The third-order valence-electron chi connectivity index (χ3n) is 4.64. The fourth-order valence-corrected chi connectivity index (χ4v) is 3.62. The molecule has 3 nitrogen and oxygen atoms in total. The molecule has 1 aromatic heterocycles. The van der Waals surface area contributed by atoms with E-state index >= 15 is 0 Å². The van der Waals surface area contributed by atoms with Crippen LogP contribution in [0.15, 0.2) is 35.9 Å². The number of para-hydroxylation sites is 2. The molecular formula is C18H24N2O. The molecule has 2 aromatic rings. The Bertz CT molecular complexity index is 671. The van der Waals surface area contributed by atoms with Gasteiger partial charge in [0.15, 0.2) is 0 Å². The highest BCUT2D eigenvalue weighted by atomic mass is 16.3. The van der Waals surface area contributed by atoms with Crippen LogP contribution in [0.25, 0.3) is 11.0 Å². The zero-order chi connectivity index (χ0) is 15.0. The number of aliphatic hydroxyl groups is 1. The van der Waals surface area contributed by atoms with Crippen molar-refractivity contribution in [1.29, 1.82) is 0 Å². The third kappa shape index (κ3) is 2.88. The highest BCUT2D eigenvalue weighted by molar-refractivity contribution is 5.75. The average molecular weight is 284 g/mol. The van der Waals surface area contributed by atoms with Crippen LogP contribution in [-0.4, -0.2) is 20.8 Å². The van der Waals surface area contributed by atoms with E-state index in [-0.39, 0.29) is 6.10 Å². The number of aryl methyl sites for hydroxylation is 1. The standard InChI is InChI=1S/C18H24N2O/c1-12-8-13(2)10-14(9-12)17(21)11-18-19-15-6-4-5-7-16(15)20(18)3/h4-8,12,14,17,21H,9-11H2,1-3H3. The van der Waals surface area contributed by atoms with Gasteiger partial charge in [-0.25, -0.2) is 4.98 Å². The van der Waals surface area contributed by atoms with E-state index in [1.54, 1.807) is 0 Å². The maximum absolute atomic E-state index is 10.6. The third-order valence-corrected chi connectivity index (χ3v) is 4.64. The summed E-state index contributed by atoms with van der Waals surface area (Å²) in [5, 5.41) is 10.6. The van der Waals surface area contributed by atoms with Crippen molar-refractivity contribution in [1.82, 2.24) is 9.55 Å². The van der Waals surface area contributed by atoms with Gasteiger partial charge in [-0.15, -0.1) is 0 Å². The lowest BCUT2D eigenvalue weighted by Crippen LogP contribution is -2.28. The second-order valence-corrected chi connectivity index (χ2v) is 6.54. The summed E-state index contributed by atoms with van der Waals surface area (Å²) in [5.41, 5.74) is 3.55. The average Bonchev–Trinajstić information content (AvgIpc) is 2.75. The van der Waals surface area contributed by atoms with Crippen LogP contribution in [0.4, 0.5) is 0 Å². The van der Waals surface area contributed by atoms with Gasteiger partial charge in [0.25, 0.3) is 0 Å². The lowest BCUT2D eigenvalue weighted by atomic mass is 9.80. The first kappa shape index (κ1) is 14.3. The molecular weight excluding hydrogens is 260 g/mol. The number of nitrogens with zero attached hydrogens (tertiary/aromatic N) is 2. The fourth-order valence-electron chi connectivity index (χ4n) is 3.62. The Hall–Kier alpha value is -1.61. The fraction of sp³-hybridized carbons (Fsp3) is 0.500. The molecule has 0 fully saturated rings. The number of rotatable bonds is 3. The maximum Gasteiger partial charge on any atom is 0.112 e. The van der Waals surface area contributed by atoms with E-state index in [1.807, 2.05) is 25.2 Å². The topological polar surface area (TPSA) is 38.1 Å². The second-order valence-electron chi connectivity index (χ2n) is 6.54. The molecule has 0 bridgehead atoms. The van der Waals surface area contributed by atoms with Crippen LogP contribution in [0, 0.1) is 11.8 Å². The van der Waals surface area contributed by atoms with Crippen molar-refractivity contribution in [3.05, 3.63) is 41.7 Å². The Kier molecular flexibility index (Phi) is 3.85. The van der Waals surface area contributed by atoms with Gasteiger partial charge in [-0.2, -0.15) is 0 Å². The summed E-state index contributed by atoms with van der Waals surface area (Å²) in [6.07, 6.45) is 4.73. The molecule has 1 aliphatic carbocycles. The van der Waals surface area contributed by atoms with Gasteiger partial charge in [-0.1, -0.05) is 30.7 Å². The van der Waals surface area contributed by atoms with Crippen molar-refractivity contribution in [2.45, 2.75) is 39.2 Å². The second kappa shape index (κ2) is 5.64. The highest BCUT2D eigenvalue weighted by Gasteiger charge is 2.26. The van der Waals surface area contributed by atoms with Crippen molar-refractivity contribution >= 4 is 11.0 Å². The van der Waals surface area contributed by atoms with Gasteiger partial charge in [-0.3, -0.25) is 0 Å². The summed E-state index contributed by atoms with van der Waals surface area (Å²) in [5.74, 6) is 1.90. The first-order chi connectivity index (χ1) is 10.0. The first-order valence-corrected chi connectivity index (χ1v) is 7.80. The number of hydrogen-bond acceptors (Lipinski definition) is 2. The molecule has 0 aliphatic heterocycles. The Balaban J connectivity index is 1.79. The quantitative estimate of drug-likeness (QED) is 0.876. The molecule has 0 saturated carbocycles. The Labute approximate surface area is 126 Å². The number of aromatic nitrogens is 2. The SMILES string of the molecule is CC1=CC(C)CC(C(O)Cc2nc3ccccc3n2C)C1. The number of imidazole rings is 1. The van der Waals surface area contributed by atoms with Crippen LogP contribution >= 0.6 is 0 Å². The molecule has 1 heterocycles. The predicted octanol–water partition coefficient (Wildman–Crippen LogP) is 3.47. The van der Waals surface area contributed by atoms with E-state index in [0.717, 1.165) is 29.7 Å². The highest BCUT2D eigenvalue weighted by Crippen LogP contribution is 2.31. The van der Waals surface area contributed by atoms with Gasteiger partial charge >= 0.3 is 0 Å². The van der Waals surface area contributed by atoms with Crippen LogP contribution in [0.5, 0.6) is 0 Å². The summed E-state index contributed by atoms with van der Waals surface area (Å²) in [7, 11) is 2.03. The van der Waals surface area contributed by atoms with E-state index in [2.05, 4.69) is 35.5 Å². The van der Waals surface area contributed by atoms with Crippen LogP contribution in [0.2, 0.25) is 0 Å². The monoisotopic (exact) mass is 284 g/mol. The van der Waals surface area contributed by atoms with Crippen molar-refractivity contribution in [3.63, 3.8) is 0 Å². The summed E-state index contributed by atoms with van der Waals surface area (Å²) in [6, 6.07) is 8.14. The minimum absolute atomic E-state index is 0.313. The number of benzene rings is 1. The molecule has 1 aliphatic rings. The molecule has 3 rings (SSSR count). The number of fused-ring (bicyclic) bond motifs is 1. The van der Waals surface area contributed by atoms with E-state index in [9.17, 15) is 5.11 Å². The number of hydrogen-bond donors (Lipinski definition) is 1. The van der Waals surface area contributed by atoms with Crippen molar-refractivity contribution in [2.24, 2.45) is 18.9 Å². The van der Waals surface area contributed by atoms with Crippen LogP contribution in [0.1, 0.15) is 32.5 Å². The van der Waals surface area contributed by atoms with Crippen molar-refractivity contribution < 1.29 is 5.11 Å². The van der Waals surface area contributed by atoms with Crippen molar-refractivity contribution in [2.75, 3.05) is 0 Å². The van der Waals surface area contributed by atoms with E-state index < -0.39 is 0 Å². The normalized spacial score (nSPS) is 24.1. The minimum atomic E-state index is -0.313. The molecule has 21 heavy (non-hydrogen) atoms. The van der Waals surface area contributed by atoms with Gasteiger partial charge < -0.3 is 9.67 Å². The molecule has 3 atom stereocenters. The summed E-state index contributed by atoms with van der Waals surface area (Å²) in [4.78, 5) is 4.67. The lowest BCUT2D eigenvalue weighted by Gasteiger charge is -2.29. The molecule has 1 aromatic carbocycles.